The van der Waals surface area contributed by atoms with E-state index in [1.54, 1.807) is 6.08 Å². The molecule has 0 aliphatic carbocycles. The number of allylic oxidation sites excluding steroid dienone is 9. The lowest BCUT2D eigenvalue weighted by molar-refractivity contribution is -0.161. The third-order valence-electron chi connectivity index (χ3n) is 8.97. The maximum absolute atomic E-state index is 12.7. The predicted molar refractivity (Wildman–Crippen MR) is 236 cm³/mol. The van der Waals surface area contributed by atoms with E-state index < -0.39 is 72.3 Å². The number of ether oxygens (including phenoxy) is 2. The molecular weight excluding hydrogens is 814 g/mol. The predicted octanol–water partition coefficient (Wildman–Crippen LogP) is 10.2. The lowest BCUT2D eigenvalue weighted by atomic mass is 10.1. The Hall–Kier alpha value is -2.22. The van der Waals surface area contributed by atoms with Gasteiger partial charge >= 0.3 is 27.6 Å². The van der Waals surface area contributed by atoms with Gasteiger partial charge in [0.25, 0.3) is 0 Å². The molecule has 0 aromatic carbocycles. The zero-order chi connectivity index (χ0) is 44.6. The van der Waals surface area contributed by atoms with Crippen molar-refractivity contribution in [2.75, 3.05) is 26.4 Å². The summed E-state index contributed by atoms with van der Waals surface area (Å²) in [6.07, 6.45) is 38.3. The number of phosphoric ester groups is 2. The Labute approximate surface area is 360 Å². The molecule has 0 bridgehead atoms. The van der Waals surface area contributed by atoms with E-state index in [0.29, 0.717) is 19.3 Å². The second kappa shape index (κ2) is 39.6. The zero-order valence-corrected chi connectivity index (χ0v) is 38.2. The van der Waals surface area contributed by atoms with Crippen molar-refractivity contribution in [1.29, 1.82) is 0 Å². The number of unbranched alkanes of at least 4 members (excludes halogenated alkanes) is 14. The molecule has 0 aliphatic heterocycles. The summed E-state index contributed by atoms with van der Waals surface area (Å²) in [7, 11) is -9.71. The van der Waals surface area contributed by atoms with E-state index >= 15 is 0 Å². The smallest absolute Gasteiger partial charge is 0.462 e. The van der Waals surface area contributed by atoms with Crippen molar-refractivity contribution < 1.29 is 66.7 Å². The molecule has 0 aromatic rings. The topological polar surface area (TPSA) is 216 Å². The van der Waals surface area contributed by atoms with Crippen molar-refractivity contribution in [3.8, 4) is 0 Å². The van der Waals surface area contributed by atoms with E-state index in [1.165, 1.54) is 38.5 Å². The monoisotopic (exact) mass is 892 g/mol. The van der Waals surface area contributed by atoms with Gasteiger partial charge in [0.1, 0.15) is 12.7 Å². The second-order valence-electron chi connectivity index (χ2n) is 14.8. The lowest BCUT2D eigenvalue weighted by Gasteiger charge is -2.20. The summed E-state index contributed by atoms with van der Waals surface area (Å²) < 4.78 is 47.7. The van der Waals surface area contributed by atoms with Gasteiger partial charge < -0.3 is 34.4 Å². The number of aliphatic hydroxyl groups is 2. The normalized spacial score (nSPS) is 15.1. The first-order chi connectivity index (χ1) is 28.8. The van der Waals surface area contributed by atoms with Gasteiger partial charge in [-0.2, -0.15) is 0 Å². The minimum absolute atomic E-state index is 0.0965. The molecule has 348 valence electrons. The maximum atomic E-state index is 12.7. The van der Waals surface area contributed by atoms with E-state index in [-0.39, 0.29) is 12.8 Å². The average molecular weight is 893 g/mol. The Morgan fingerprint density at radius 3 is 1.73 bits per heavy atom. The highest BCUT2D eigenvalue weighted by atomic mass is 31.2. The Kier molecular flexibility index (Phi) is 38.1. The molecule has 16 heteroatoms. The van der Waals surface area contributed by atoms with Crippen LogP contribution in [0.5, 0.6) is 0 Å². The first kappa shape index (κ1) is 57.8. The number of hydrogen-bond acceptors (Lipinski definition) is 11. The van der Waals surface area contributed by atoms with Crippen molar-refractivity contribution in [2.45, 2.75) is 180 Å². The third kappa shape index (κ3) is 42.5. The molecule has 4 atom stereocenters. The van der Waals surface area contributed by atoms with Gasteiger partial charge in [-0.25, -0.2) is 9.13 Å². The lowest BCUT2D eigenvalue weighted by Crippen LogP contribution is -2.30. The van der Waals surface area contributed by atoms with Crippen LogP contribution in [0.15, 0.2) is 60.8 Å². The molecule has 0 fully saturated rings. The van der Waals surface area contributed by atoms with Crippen LogP contribution in [0, 0.1) is 0 Å². The van der Waals surface area contributed by atoms with Gasteiger partial charge in [0, 0.05) is 12.8 Å². The van der Waals surface area contributed by atoms with Crippen LogP contribution in [0.4, 0.5) is 0 Å². The van der Waals surface area contributed by atoms with Crippen LogP contribution < -0.4 is 0 Å². The second-order valence-corrected chi connectivity index (χ2v) is 17.5. The number of rotatable bonds is 41. The summed E-state index contributed by atoms with van der Waals surface area (Å²) in [6.45, 7) is 1.54. The Morgan fingerprint density at radius 2 is 1.07 bits per heavy atom. The van der Waals surface area contributed by atoms with Gasteiger partial charge in [0.05, 0.1) is 25.9 Å². The minimum Gasteiger partial charge on any atom is -0.462 e. The van der Waals surface area contributed by atoms with E-state index in [1.807, 2.05) is 42.5 Å². The highest BCUT2D eigenvalue weighted by Crippen LogP contribution is 2.43. The van der Waals surface area contributed by atoms with Gasteiger partial charge in [0.15, 0.2) is 6.10 Å². The largest absolute Gasteiger partial charge is 0.472 e. The van der Waals surface area contributed by atoms with Gasteiger partial charge in [-0.1, -0.05) is 145 Å². The summed E-state index contributed by atoms with van der Waals surface area (Å²) in [4.78, 5) is 52.7. The van der Waals surface area contributed by atoms with Gasteiger partial charge in [-0.05, 0) is 64.2 Å². The van der Waals surface area contributed by atoms with Crippen molar-refractivity contribution in [2.24, 2.45) is 0 Å². The van der Waals surface area contributed by atoms with Crippen molar-refractivity contribution in [3.05, 3.63) is 60.8 Å². The molecule has 0 aliphatic rings. The van der Waals surface area contributed by atoms with Crippen LogP contribution in [0.1, 0.15) is 162 Å². The summed E-state index contributed by atoms with van der Waals surface area (Å²) in [5, 5.41) is 19.6. The molecule has 1 unspecified atom stereocenters. The van der Waals surface area contributed by atoms with Crippen LogP contribution in [-0.4, -0.2) is 81.6 Å². The molecule has 0 aromatic heterocycles. The summed E-state index contributed by atoms with van der Waals surface area (Å²) in [5.74, 6) is -1.13. The first-order valence-corrected chi connectivity index (χ1v) is 25.1. The van der Waals surface area contributed by atoms with Crippen LogP contribution in [0.3, 0.4) is 0 Å². The van der Waals surface area contributed by atoms with Gasteiger partial charge in [-0.3, -0.25) is 23.2 Å². The van der Waals surface area contributed by atoms with E-state index in [4.69, 9.17) is 23.8 Å². The molecular formula is C44H78O14P2. The first-order valence-electron chi connectivity index (χ1n) is 22.1. The fourth-order valence-electron chi connectivity index (χ4n) is 5.56. The number of aliphatic hydroxyl groups excluding tert-OH is 2. The molecule has 0 spiro atoms. The van der Waals surface area contributed by atoms with Crippen LogP contribution >= 0.6 is 15.6 Å². The summed E-state index contributed by atoms with van der Waals surface area (Å²) >= 11 is 0. The Morgan fingerprint density at radius 1 is 0.550 bits per heavy atom. The number of hydrogen-bond donors (Lipinski definition) is 5. The fourth-order valence-corrected chi connectivity index (χ4v) is 6.72. The average Bonchev–Trinajstić information content (AvgIpc) is 3.20. The Bertz CT molecular complexity index is 1310. The van der Waals surface area contributed by atoms with Crippen molar-refractivity contribution in [3.63, 3.8) is 0 Å². The van der Waals surface area contributed by atoms with Gasteiger partial charge in [-0.15, -0.1) is 0 Å². The zero-order valence-electron chi connectivity index (χ0n) is 36.4. The minimum atomic E-state index is -4.87. The van der Waals surface area contributed by atoms with E-state index in [2.05, 4.69) is 35.0 Å². The number of esters is 2. The van der Waals surface area contributed by atoms with Crippen molar-refractivity contribution in [1.82, 2.24) is 0 Å². The molecule has 0 heterocycles. The summed E-state index contributed by atoms with van der Waals surface area (Å²) in [6, 6.07) is 0. The highest BCUT2D eigenvalue weighted by molar-refractivity contribution is 7.47. The number of phosphoric acid groups is 2. The molecule has 0 rings (SSSR count). The molecule has 0 saturated heterocycles. The van der Waals surface area contributed by atoms with Crippen molar-refractivity contribution >= 4 is 27.6 Å². The summed E-state index contributed by atoms with van der Waals surface area (Å²) in [5.41, 5.74) is 0. The third-order valence-corrected chi connectivity index (χ3v) is 10.4. The molecule has 60 heavy (non-hydrogen) atoms. The standard InChI is InChI=1S/C44H78O14P2/c1-3-5-7-8-9-10-11-12-13-14-17-21-24-27-31-35-44(48)58-42(39-57-60(52,53)56-37-41(46)36-55-59(49,50)51)38-54-43(47)34-30-26-23-20-18-15-16-19-22-25-29-33-40(45)32-28-6-4-2/h10-11,15-16,20,22-23,25,29,33,40-42,45-46H,3-9,12-14,17-19,21,24,26-28,30-32,34-39H2,1-2H3,(H,52,53)(H2,49,50,51)/b11-10-,16-15-,23-20-,25-22-,33-29+/t40-,41+,42-/m1/s1. The number of carbonyl (C=O) groups is 2. The quantitative estimate of drug-likeness (QED) is 0.0127. The molecule has 5 N–H and O–H groups in total. The Balaban J connectivity index is 4.65. The van der Waals surface area contributed by atoms with Crippen LogP contribution in [0.2, 0.25) is 0 Å². The SMILES string of the molecule is CCCCCC/C=C\CCCCCCCCCC(=O)O[C@H](COC(=O)CCC/C=C\C/C=C\C/C=C\C=C\[C@H](O)CCCCC)COP(=O)(O)OC[C@@H](O)COP(=O)(O)O. The van der Waals surface area contributed by atoms with E-state index in [0.717, 1.165) is 77.0 Å². The molecule has 0 amide bonds. The van der Waals surface area contributed by atoms with Crippen LogP contribution in [0.25, 0.3) is 0 Å². The maximum Gasteiger partial charge on any atom is 0.472 e. The van der Waals surface area contributed by atoms with E-state index in [9.17, 15) is 33.8 Å². The molecule has 0 radical (unpaired) electrons. The molecule has 0 saturated carbocycles. The van der Waals surface area contributed by atoms with Crippen LogP contribution in [-0.2, 0) is 41.8 Å². The molecule has 14 nitrogen and oxygen atoms in total. The number of carbonyl (C=O) groups excluding carboxylic acids is 2. The van der Waals surface area contributed by atoms with Gasteiger partial charge in [0.2, 0.25) is 0 Å². The fraction of sp³-hybridized carbons (Fsp3) is 0.727. The highest BCUT2D eigenvalue weighted by Gasteiger charge is 2.28.